The summed E-state index contributed by atoms with van der Waals surface area (Å²) in [7, 11) is 1.64. The zero-order valence-electron chi connectivity index (χ0n) is 12.1. The molecule has 0 N–H and O–H groups in total. The lowest BCUT2D eigenvalue weighted by Gasteiger charge is -2.09. The van der Waals surface area contributed by atoms with Gasteiger partial charge in [0.25, 0.3) is 0 Å². The molecule has 0 atom stereocenters. The number of halogens is 1. The number of aromatic nitrogens is 2. The maximum absolute atomic E-state index is 6.35. The van der Waals surface area contributed by atoms with E-state index in [2.05, 4.69) is 16.0 Å². The molecule has 0 aliphatic carbocycles. The van der Waals surface area contributed by atoms with Crippen LogP contribution in [-0.2, 0) is 0 Å². The Labute approximate surface area is 128 Å². The SMILES string of the molecule is COc1cccc(-c2nc(Cl)c3cc(C)cc(C)c3n2)c1. The van der Waals surface area contributed by atoms with Crippen molar-refractivity contribution < 1.29 is 4.74 Å². The predicted molar refractivity (Wildman–Crippen MR) is 86.0 cm³/mol. The van der Waals surface area contributed by atoms with Crippen molar-refractivity contribution in [1.29, 1.82) is 0 Å². The van der Waals surface area contributed by atoms with E-state index in [1.165, 1.54) is 0 Å². The van der Waals surface area contributed by atoms with Crippen molar-refractivity contribution in [3.63, 3.8) is 0 Å². The van der Waals surface area contributed by atoms with E-state index >= 15 is 0 Å². The molecule has 0 unspecified atom stereocenters. The summed E-state index contributed by atoms with van der Waals surface area (Å²) in [5.41, 5.74) is 4.02. The van der Waals surface area contributed by atoms with E-state index in [4.69, 9.17) is 16.3 Å². The molecule has 1 aromatic heterocycles. The molecule has 0 aliphatic rings. The molecule has 0 radical (unpaired) electrons. The predicted octanol–water partition coefficient (Wildman–Crippen LogP) is 4.58. The Morgan fingerprint density at radius 1 is 1.05 bits per heavy atom. The van der Waals surface area contributed by atoms with E-state index < -0.39 is 0 Å². The molecule has 1 heterocycles. The molecule has 0 fully saturated rings. The van der Waals surface area contributed by atoms with Crippen molar-refractivity contribution >= 4 is 22.5 Å². The molecule has 3 rings (SSSR count). The first-order valence-corrected chi connectivity index (χ1v) is 7.05. The normalized spacial score (nSPS) is 10.9. The molecule has 3 nitrogen and oxygen atoms in total. The van der Waals surface area contributed by atoms with Gasteiger partial charge in [0.05, 0.1) is 12.6 Å². The van der Waals surface area contributed by atoms with E-state index in [0.717, 1.165) is 33.3 Å². The smallest absolute Gasteiger partial charge is 0.161 e. The van der Waals surface area contributed by atoms with Crippen LogP contribution in [-0.4, -0.2) is 17.1 Å². The fourth-order valence-electron chi connectivity index (χ4n) is 2.44. The average Bonchev–Trinajstić information content (AvgIpc) is 2.48. The van der Waals surface area contributed by atoms with Gasteiger partial charge in [-0.05, 0) is 37.6 Å². The van der Waals surface area contributed by atoms with Crippen LogP contribution in [0.1, 0.15) is 11.1 Å². The summed E-state index contributed by atoms with van der Waals surface area (Å²) < 4.78 is 5.24. The van der Waals surface area contributed by atoms with Crippen LogP contribution in [0, 0.1) is 13.8 Å². The third kappa shape index (κ3) is 2.57. The van der Waals surface area contributed by atoms with E-state index in [-0.39, 0.29) is 0 Å². The summed E-state index contributed by atoms with van der Waals surface area (Å²) >= 11 is 6.35. The van der Waals surface area contributed by atoms with Gasteiger partial charge in [-0.2, -0.15) is 0 Å². The minimum Gasteiger partial charge on any atom is -0.497 e. The number of ether oxygens (including phenoxy) is 1. The minimum absolute atomic E-state index is 0.476. The standard InChI is InChI=1S/C17H15ClN2O/c1-10-7-11(2)15-14(8-10)16(18)20-17(19-15)12-5-4-6-13(9-12)21-3/h4-9H,1-3H3. The van der Waals surface area contributed by atoms with Crippen molar-refractivity contribution in [2.24, 2.45) is 0 Å². The molecule has 2 aromatic carbocycles. The monoisotopic (exact) mass is 298 g/mol. The second-order valence-electron chi connectivity index (χ2n) is 5.05. The topological polar surface area (TPSA) is 35.0 Å². The highest BCUT2D eigenvalue weighted by Crippen LogP contribution is 2.29. The molecule has 3 aromatic rings. The molecule has 21 heavy (non-hydrogen) atoms. The number of aryl methyl sites for hydroxylation is 2. The number of nitrogens with zero attached hydrogens (tertiary/aromatic N) is 2. The Bertz CT molecular complexity index is 830. The number of hydrogen-bond donors (Lipinski definition) is 0. The third-order valence-corrected chi connectivity index (χ3v) is 3.70. The number of rotatable bonds is 2. The van der Waals surface area contributed by atoms with E-state index in [1.807, 2.05) is 44.2 Å². The number of methoxy groups -OCH3 is 1. The average molecular weight is 299 g/mol. The Kier molecular flexibility index (Phi) is 3.52. The Hall–Kier alpha value is -2.13. The molecule has 4 heteroatoms. The molecule has 106 valence electrons. The largest absolute Gasteiger partial charge is 0.497 e. The van der Waals surface area contributed by atoms with Crippen LogP contribution >= 0.6 is 11.6 Å². The minimum atomic E-state index is 0.476. The molecular formula is C17H15ClN2O. The van der Waals surface area contributed by atoms with Gasteiger partial charge >= 0.3 is 0 Å². The lowest BCUT2D eigenvalue weighted by atomic mass is 10.1. The second-order valence-corrected chi connectivity index (χ2v) is 5.41. The fourth-order valence-corrected chi connectivity index (χ4v) is 2.67. The molecule has 0 saturated carbocycles. The number of fused-ring (bicyclic) bond motifs is 1. The summed E-state index contributed by atoms with van der Waals surface area (Å²) in [5, 5.41) is 1.37. The summed E-state index contributed by atoms with van der Waals surface area (Å²) in [5.74, 6) is 1.38. The lowest BCUT2D eigenvalue weighted by Crippen LogP contribution is -1.95. The fraction of sp³-hybridized carbons (Fsp3) is 0.176. The molecule has 0 bridgehead atoms. The Morgan fingerprint density at radius 2 is 1.86 bits per heavy atom. The van der Waals surface area contributed by atoms with Crippen molar-refractivity contribution in [3.8, 4) is 17.1 Å². The first-order valence-electron chi connectivity index (χ1n) is 6.67. The highest BCUT2D eigenvalue weighted by atomic mass is 35.5. The van der Waals surface area contributed by atoms with Gasteiger partial charge < -0.3 is 4.74 Å². The Balaban J connectivity index is 2.24. The highest BCUT2D eigenvalue weighted by Gasteiger charge is 2.11. The molecule has 0 spiro atoms. The first kappa shape index (κ1) is 13.8. The zero-order valence-corrected chi connectivity index (χ0v) is 12.9. The quantitative estimate of drug-likeness (QED) is 0.650. The lowest BCUT2D eigenvalue weighted by molar-refractivity contribution is 0.415. The molecule has 0 aliphatic heterocycles. The van der Waals surface area contributed by atoms with Crippen LogP contribution in [0.3, 0.4) is 0 Å². The van der Waals surface area contributed by atoms with Crippen LogP contribution in [0.5, 0.6) is 5.75 Å². The van der Waals surface area contributed by atoms with E-state index in [9.17, 15) is 0 Å². The van der Waals surface area contributed by atoms with E-state index in [1.54, 1.807) is 7.11 Å². The summed E-state index contributed by atoms with van der Waals surface area (Å²) in [6.45, 7) is 4.08. The maximum atomic E-state index is 6.35. The van der Waals surface area contributed by atoms with Crippen LogP contribution in [0.4, 0.5) is 0 Å². The maximum Gasteiger partial charge on any atom is 0.161 e. The summed E-state index contributed by atoms with van der Waals surface area (Å²) in [6.07, 6.45) is 0. The van der Waals surface area contributed by atoms with Crippen LogP contribution in [0.15, 0.2) is 36.4 Å². The molecular weight excluding hydrogens is 284 g/mol. The second kappa shape index (κ2) is 5.34. The highest BCUT2D eigenvalue weighted by molar-refractivity contribution is 6.34. The third-order valence-electron chi connectivity index (χ3n) is 3.42. The zero-order chi connectivity index (χ0) is 15.0. The van der Waals surface area contributed by atoms with Gasteiger partial charge in [0.2, 0.25) is 0 Å². The first-order chi connectivity index (χ1) is 10.1. The molecule has 0 saturated heterocycles. The van der Waals surface area contributed by atoms with Crippen molar-refractivity contribution in [3.05, 3.63) is 52.7 Å². The Morgan fingerprint density at radius 3 is 2.62 bits per heavy atom. The van der Waals surface area contributed by atoms with Crippen LogP contribution in [0.2, 0.25) is 5.15 Å². The van der Waals surface area contributed by atoms with Gasteiger partial charge in [-0.15, -0.1) is 0 Å². The van der Waals surface area contributed by atoms with Gasteiger partial charge in [0.15, 0.2) is 5.82 Å². The van der Waals surface area contributed by atoms with Crippen molar-refractivity contribution in [2.45, 2.75) is 13.8 Å². The number of hydrogen-bond acceptors (Lipinski definition) is 3. The van der Waals surface area contributed by atoms with Crippen molar-refractivity contribution in [2.75, 3.05) is 7.11 Å². The van der Waals surface area contributed by atoms with Gasteiger partial charge in [0, 0.05) is 10.9 Å². The van der Waals surface area contributed by atoms with Crippen LogP contribution in [0.25, 0.3) is 22.3 Å². The van der Waals surface area contributed by atoms with Gasteiger partial charge in [-0.1, -0.05) is 35.4 Å². The van der Waals surface area contributed by atoms with Gasteiger partial charge in [-0.3, -0.25) is 0 Å². The summed E-state index contributed by atoms with van der Waals surface area (Å²) in [6, 6.07) is 11.8. The molecule has 0 amide bonds. The number of benzene rings is 2. The summed E-state index contributed by atoms with van der Waals surface area (Å²) in [4.78, 5) is 9.10. The van der Waals surface area contributed by atoms with Crippen LogP contribution < -0.4 is 4.74 Å². The van der Waals surface area contributed by atoms with E-state index in [0.29, 0.717) is 11.0 Å². The van der Waals surface area contributed by atoms with Crippen molar-refractivity contribution in [1.82, 2.24) is 9.97 Å². The van der Waals surface area contributed by atoms with Gasteiger partial charge in [-0.25, -0.2) is 9.97 Å². The van der Waals surface area contributed by atoms with Gasteiger partial charge in [0.1, 0.15) is 10.9 Å².